The average molecular weight is 538 g/mol. The Balaban J connectivity index is 1.29. The molecule has 0 spiro atoms. The largest absolute Gasteiger partial charge is 0.457 e. The molecular weight excluding hydrogens is 506 g/mol. The minimum atomic E-state index is -3.78. The highest BCUT2D eigenvalue weighted by Crippen LogP contribution is 2.30. The lowest BCUT2D eigenvalue weighted by Gasteiger charge is -2.25. The standard InChI is InChI=1S/C27H31N5O5S/c1-30-14-24(12-28-30)38(34,35)32-15-25-26(16-32)36-18-20-5-3-7-23(11-20)37-22-6-2-4-19(10-22)13-31(21-8-9-21)17-27(33)29-25/h2-7,10-12,14,21,25-26H,8-9,13,15-18H2,1H3,(H,29,33)/t25-,26-/m0/s1. The summed E-state index contributed by atoms with van der Waals surface area (Å²) in [5, 5.41) is 7.10. The van der Waals surface area contributed by atoms with Crippen LogP contribution in [0.2, 0.25) is 0 Å². The van der Waals surface area contributed by atoms with Crippen LogP contribution in [0.25, 0.3) is 0 Å². The Hall–Kier alpha value is -3.25. The van der Waals surface area contributed by atoms with E-state index in [0.29, 0.717) is 18.3 Å². The first-order valence-corrected chi connectivity index (χ1v) is 14.3. The van der Waals surface area contributed by atoms with Crippen LogP contribution in [0.1, 0.15) is 24.0 Å². The van der Waals surface area contributed by atoms with Crippen molar-refractivity contribution in [1.29, 1.82) is 0 Å². The van der Waals surface area contributed by atoms with Crippen molar-refractivity contribution in [3.05, 3.63) is 72.1 Å². The highest BCUT2D eigenvalue weighted by Gasteiger charge is 2.42. The third-order valence-electron chi connectivity index (χ3n) is 7.19. The van der Waals surface area contributed by atoms with Crippen LogP contribution in [0.3, 0.4) is 0 Å². The molecule has 2 aliphatic heterocycles. The van der Waals surface area contributed by atoms with E-state index in [1.165, 1.54) is 21.4 Å². The van der Waals surface area contributed by atoms with E-state index in [1.54, 1.807) is 7.05 Å². The van der Waals surface area contributed by atoms with Crippen LogP contribution < -0.4 is 10.1 Å². The molecule has 0 radical (unpaired) electrons. The van der Waals surface area contributed by atoms with Crippen LogP contribution in [0.5, 0.6) is 11.5 Å². The molecule has 1 aliphatic carbocycles. The highest BCUT2D eigenvalue weighted by molar-refractivity contribution is 7.89. The van der Waals surface area contributed by atoms with Gasteiger partial charge in [-0.15, -0.1) is 0 Å². The van der Waals surface area contributed by atoms with Gasteiger partial charge in [-0.05, 0) is 48.2 Å². The summed E-state index contributed by atoms with van der Waals surface area (Å²) in [6, 6.07) is 15.5. The van der Waals surface area contributed by atoms with Gasteiger partial charge in [0.15, 0.2) is 0 Å². The molecule has 4 bridgehead atoms. The average Bonchev–Trinajstić information content (AvgIpc) is 3.51. The van der Waals surface area contributed by atoms with Crippen molar-refractivity contribution in [2.45, 2.75) is 49.1 Å². The van der Waals surface area contributed by atoms with Gasteiger partial charge in [-0.1, -0.05) is 24.3 Å². The van der Waals surface area contributed by atoms with Gasteiger partial charge in [-0.2, -0.15) is 9.40 Å². The summed E-state index contributed by atoms with van der Waals surface area (Å²) in [5.74, 6) is 1.30. The van der Waals surface area contributed by atoms with E-state index >= 15 is 0 Å². The number of benzene rings is 2. The van der Waals surface area contributed by atoms with Crippen LogP contribution in [-0.4, -0.2) is 71.1 Å². The molecule has 0 unspecified atom stereocenters. The summed E-state index contributed by atoms with van der Waals surface area (Å²) in [6.07, 6.45) is 4.43. The van der Waals surface area contributed by atoms with E-state index < -0.39 is 22.2 Å². The Labute approximate surface area is 222 Å². The minimum Gasteiger partial charge on any atom is -0.457 e. The van der Waals surface area contributed by atoms with E-state index in [4.69, 9.17) is 9.47 Å². The number of fused-ring (bicyclic) bond motifs is 5. The molecule has 1 aromatic heterocycles. The van der Waals surface area contributed by atoms with Crippen molar-refractivity contribution in [1.82, 2.24) is 24.3 Å². The minimum absolute atomic E-state index is 0.121. The maximum absolute atomic E-state index is 13.3. The number of nitrogens with one attached hydrogen (secondary N) is 1. The van der Waals surface area contributed by atoms with Crippen molar-refractivity contribution >= 4 is 15.9 Å². The number of sulfonamides is 1. The molecule has 1 N–H and O–H groups in total. The van der Waals surface area contributed by atoms with Crippen molar-refractivity contribution < 1.29 is 22.7 Å². The van der Waals surface area contributed by atoms with Crippen LogP contribution >= 0.6 is 0 Å². The molecule has 2 aromatic carbocycles. The van der Waals surface area contributed by atoms with Gasteiger partial charge >= 0.3 is 0 Å². The monoisotopic (exact) mass is 537 g/mol. The Morgan fingerprint density at radius 1 is 1.00 bits per heavy atom. The maximum atomic E-state index is 13.3. The molecule has 200 valence electrons. The van der Waals surface area contributed by atoms with Crippen molar-refractivity contribution in [3.8, 4) is 11.5 Å². The van der Waals surface area contributed by atoms with E-state index in [-0.39, 0.29) is 37.0 Å². The fraction of sp³-hybridized carbons (Fsp3) is 0.407. The van der Waals surface area contributed by atoms with Gasteiger partial charge in [0, 0.05) is 38.9 Å². The number of nitrogens with zero attached hydrogens (tertiary/aromatic N) is 4. The van der Waals surface area contributed by atoms with Gasteiger partial charge < -0.3 is 14.8 Å². The van der Waals surface area contributed by atoms with E-state index in [0.717, 1.165) is 29.7 Å². The first-order chi connectivity index (χ1) is 18.3. The van der Waals surface area contributed by atoms with Gasteiger partial charge in [-0.3, -0.25) is 14.4 Å². The first kappa shape index (κ1) is 25.1. The fourth-order valence-corrected chi connectivity index (χ4v) is 6.56. The summed E-state index contributed by atoms with van der Waals surface area (Å²) < 4.78 is 41.8. The molecule has 1 saturated carbocycles. The lowest BCUT2D eigenvalue weighted by Crippen LogP contribution is -2.48. The lowest BCUT2D eigenvalue weighted by atomic mass is 10.1. The van der Waals surface area contributed by atoms with E-state index in [9.17, 15) is 13.2 Å². The first-order valence-electron chi connectivity index (χ1n) is 12.8. The number of carbonyl (C=O) groups excluding carboxylic acids is 1. The smallest absolute Gasteiger partial charge is 0.246 e. The number of amides is 1. The van der Waals surface area contributed by atoms with Crippen LogP contribution in [0.15, 0.2) is 65.8 Å². The van der Waals surface area contributed by atoms with Gasteiger partial charge in [0.1, 0.15) is 16.4 Å². The van der Waals surface area contributed by atoms with Gasteiger partial charge in [0.05, 0.1) is 31.5 Å². The molecule has 3 aliphatic rings. The Kier molecular flexibility index (Phi) is 6.68. The van der Waals surface area contributed by atoms with Gasteiger partial charge in [-0.25, -0.2) is 8.42 Å². The van der Waals surface area contributed by atoms with Gasteiger partial charge in [0.2, 0.25) is 15.9 Å². The normalized spacial score (nSPS) is 23.4. The molecule has 2 atom stereocenters. The quantitative estimate of drug-likeness (QED) is 0.546. The third-order valence-corrected chi connectivity index (χ3v) is 8.97. The molecule has 1 amide bonds. The predicted molar refractivity (Wildman–Crippen MR) is 139 cm³/mol. The van der Waals surface area contributed by atoms with E-state index in [1.807, 2.05) is 48.5 Å². The second kappa shape index (κ2) is 10.1. The van der Waals surface area contributed by atoms with E-state index in [2.05, 4.69) is 15.3 Å². The number of aryl methyl sites for hydroxylation is 1. The summed E-state index contributed by atoms with van der Waals surface area (Å²) in [4.78, 5) is 15.5. The highest BCUT2D eigenvalue weighted by atomic mass is 32.2. The number of carbonyl (C=O) groups is 1. The van der Waals surface area contributed by atoms with Crippen molar-refractivity contribution in [2.75, 3.05) is 19.6 Å². The zero-order chi connectivity index (χ0) is 26.3. The molecule has 10 nitrogen and oxygen atoms in total. The summed E-state index contributed by atoms with van der Waals surface area (Å²) in [7, 11) is -2.11. The Morgan fingerprint density at radius 2 is 1.74 bits per heavy atom. The van der Waals surface area contributed by atoms with Crippen LogP contribution in [0, 0.1) is 0 Å². The Bertz CT molecular complexity index is 1440. The molecule has 3 aromatic rings. The Morgan fingerprint density at radius 3 is 2.45 bits per heavy atom. The molecule has 6 rings (SSSR count). The maximum Gasteiger partial charge on any atom is 0.246 e. The number of hydrogen-bond acceptors (Lipinski definition) is 7. The number of ether oxygens (including phenoxy) is 2. The molecule has 3 heterocycles. The van der Waals surface area contributed by atoms with Crippen molar-refractivity contribution in [3.63, 3.8) is 0 Å². The summed E-state index contributed by atoms with van der Waals surface area (Å²) in [5.41, 5.74) is 1.96. The van der Waals surface area contributed by atoms with Crippen LogP contribution in [0.4, 0.5) is 0 Å². The zero-order valence-corrected chi connectivity index (χ0v) is 22.0. The van der Waals surface area contributed by atoms with Crippen LogP contribution in [-0.2, 0) is 39.8 Å². The molecule has 1 saturated heterocycles. The number of rotatable bonds is 3. The number of hydrogen-bond donors (Lipinski definition) is 1. The SMILES string of the molecule is Cn1cc(S(=O)(=O)N2C[C@@H]3NC(=O)CN(C4CC4)Cc4cccc(c4)Oc4cccc(c4)CO[C@H]3C2)cn1. The summed E-state index contributed by atoms with van der Waals surface area (Å²) >= 11 is 0. The topological polar surface area (TPSA) is 106 Å². The second-order valence-electron chi connectivity index (χ2n) is 10.2. The third kappa shape index (κ3) is 5.46. The fourth-order valence-electron chi connectivity index (χ4n) is 5.09. The molecule has 38 heavy (non-hydrogen) atoms. The number of aromatic nitrogens is 2. The predicted octanol–water partition coefficient (Wildman–Crippen LogP) is 2.26. The van der Waals surface area contributed by atoms with Gasteiger partial charge in [0.25, 0.3) is 0 Å². The molecule has 11 heteroatoms. The molecule has 2 fully saturated rings. The van der Waals surface area contributed by atoms with Crippen molar-refractivity contribution in [2.24, 2.45) is 7.05 Å². The lowest BCUT2D eigenvalue weighted by molar-refractivity contribution is -0.124. The molecular formula is C27H31N5O5S. The zero-order valence-electron chi connectivity index (χ0n) is 21.2. The second-order valence-corrected chi connectivity index (χ2v) is 12.2. The summed E-state index contributed by atoms with van der Waals surface area (Å²) in [6.45, 7) is 1.37.